The third-order valence-electron chi connectivity index (χ3n) is 2.92. The number of nitrogens with one attached hydrogen (secondary N) is 2. The molecule has 1 atom stereocenters. The standard InChI is InChI=1S/C13H13F3N4S/c1-7(11(17)18)8-2-4-9(5-3-8)19-12-20-10(6-21-12)13(14,15)16/h2-7H,1H3,(H3,17,18)(H,19,20). The molecule has 4 nitrogen and oxygen atoms in total. The van der Waals surface area contributed by atoms with E-state index < -0.39 is 11.9 Å². The minimum atomic E-state index is -4.43. The summed E-state index contributed by atoms with van der Waals surface area (Å²) in [5, 5.41) is 11.3. The van der Waals surface area contributed by atoms with Crippen molar-refractivity contribution in [3.05, 3.63) is 40.9 Å². The Labute approximate surface area is 123 Å². The van der Waals surface area contributed by atoms with E-state index in [0.29, 0.717) is 5.69 Å². The summed E-state index contributed by atoms with van der Waals surface area (Å²) in [5.74, 6) is -0.138. The van der Waals surface area contributed by atoms with Crippen LogP contribution in [0.4, 0.5) is 24.0 Å². The number of nitrogens with zero attached hydrogens (tertiary/aromatic N) is 1. The molecule has 0 aliphatic rings. The van der Waals surface area contributed by atoms with Gasteiger partial charge in [0, 0.05) is 17.0 Å². The summed E-state index contributed by atoms with van der Waals surface area (Å²) in [6.45, 7) is 1.81. The van der Waals surface area contributed by atoms with E-state index in [4.69, 9.17) is 11.1 Å². The van der Waals surface area contributed by atoms with Crippen molar-refractivity contribution in [3.8, 4) is 0 Å². The van der Waals surface area contributed by atoms with Gasteiger partial charge in [-0.1, -0.05) is 19.1 Å². The lowest BCUT2D eigenvalue weighted by molar-refractivity contribution is -0.140. The molecule has 1 aromatic heterocycles. The average molecular weight is 314 g/mol. The van der Waals surface area contributed by atoms with E-state index in [1.54, 1.807) is 31.2 Å². The van der Waals surface area contributed by atoms with E-state index in [9.17, 15) is 13.2 Å². The second kappa shape index (κ2) is 5.72. The second-order valence-corrected chi connectivity index (χ2v) is 5.32. The van der Waals surface area contributed by atoms with Crippen LogP contribution in [0.5, 0.6) is 0 Å². The first-order valence-corrected chi connectivity index (χ1v) is 6.89. The fraction of sp³-hybridized carbons (Fsp3) is 0.231. The molecule has 0 saturated carbocycles. The van der Waals surface area contributed by atoms with Crippen molar-refractivity contribution in [2.24, 2.45) is 5.73 Å². The van der Waals surface area contributed by atoms with Crippen LogP contribution in [0.2, 0.25) is 0 Å². The first kappa shape index (κ1) is 15.3. The van der Waals surface area contributed by atoms with E-state index in [0.717, 1.165) is 22.3 Å². The number of hydrogen-bond donors (Lipinski definition) is 3. The lowest BCUT2D eigenvalue weighted by Gasteiger charge is -2.10. The van der Waals surface area contributed by atoms with Crippen LogP contribution in [0.1, 0.15) is 24.1 Å². The van der Waals surface area contributed by atoms with Gasteiger partial charge in [0.25, 0.3) is 0 Å². The van der Waals surface area contributed by atoms with E-state index in [-0.39, 0.29) is 16.9 Å². The summed E-state index contributed by atoms with van der Waals surface area (Å²) in [6.07, 6.45) is -4.43. The fourth-order valence-electron chi connectivity index (χ4n) is 1.62. The monoisotopic (exact) mass is 314 g/mol. The van der Waals surface area contributed by atoms with Crippen molar-refractivity contribution in [2.75, 3.05) is 5.32 Å². The number of thiazole rings is 1. The highest BCUT2D eigenvalue weighted by atomic mass is 32.1. The Morgan fingerprint density at radius 2 is 1.95 bits per heavy atom. The third kappa shape index (κ3) is 3.72. The Morgan fingerprint density at radius 3 is 2.43 bits per heavy atom. The zero-order valence-electron chi connectivity index (χ0n) is 11.0. The summed E-state index contributed by atoms with van der Waals surface area (Å²) in [5.41, 5.74) is 6.01. The summed E-state index contributed by atoms with van der Waals surface area (Å²) < 4.78 is 37.3. The maximum Gasteiger partial charge on any atom is 0.434 e. The lowest BCUT2D eigenvalue weighted by Crippen LogP contribution is -2.17. The fourth-order valence-corrected chi connectivity index (χ4v) is 2.36. The number of benzene rings is 1. The van der Waals surface area contributed by atoms with Gasteiger partial charge in [0.1, 0.15) is 0 Å². The molecule has 0 aliphatic carbocycles. The molecule has 0 fully saturated rings. The number of amidine groups is 1. The van der Waals surface area contributed by atoms with Crippen LogP contribution in [-0.4, -0.2) is 10.8 Å². The first-order chi connectivity index (χ1) is 9.77. The normalized spacial score (nSPS) is 13.0. The highest BCUT2D eigenvalue weighted by Gasteiger charge is 2.33. The molecule has 4 N–H and O–H groups in total. The van der Waals surface area contributed by atoms with Gasteiger partial charge < -0.3 is 11.1 Å². The van der Waals surface area contributed by atoms with Crippen molar-refractivity contribution in [1.82, 2.24) is 4.98 Å². The SMILES string of the molecule is CC(C(=N)N)c1ccc(Nc2nc(C(F)(F)F)cs2)cc1. The first-order valence-electron chi connectivity index (χ1n) is 6.01. The third-order valence-corrected chi connectivity index (χ3v) is 3.68. The van der Waals surface area contributed by atoms with Crippen LogP contribution in [0.3, 0.4) is 0 Å². The van der Waals surface area contributed by atoms with Gasteiger partial charge in [-0.05, 0) is 17.7 Å². The Balaban J connectivity index is 2.10. The van der Waals surface area contributed by atoms with Crippen molar-refractivity contribution in [1.29, 1.82) is 5.41 Å². The number of alkyl halides is 3. The predicted octanol–water partition coefficient (Wildman–Crippen LogP) is 3.94. The topological polar surface area (TPSA) is 74.8 Å². The van der Waals surface area contributed by atoms with Crippen LogP contribution >= 0.6 is 11.3 Å². The Morgan fingerprint density at radius 1 is 1.33 bits per heavy atom. The molecular weight excluding hydrogens is 301 g/mol. The average Bonchev–Trinajstić information content (AvgIpc) is 2.87. The Bertz CT molecular complexity index is 634. The number of rotatable bonds is 4. The summed E-state index contributed by atoms with van der Waals surface area (Å²) in [6, 6.07) is 6.96. The van der Waals surface area contributed by atoms with Gasteiger partial charge in [0.05, 0.1) is 5.84 Å². The van der Waals surface area contributed by atoms with Crippen LogP contribution in [0.15, 0.2) is 29.6 Å². The maximum atomic E-state index is 12.4. The van der Waals surface area contributed by atoms with Gasteiger partial charge in [-0.25, -0.2) is 4.98 Å². The number of hydrogen-bond acceptors (Lipinski definition) is 4. The Kier molecular flexibility index (Phi) is 4.17. The van der Waals surface area contributed by atoms with Gasteiger partial charge in [-0.3, -0.25) is 5.41 Å². The second-order valence-electron chi connectivity index (χ2n) is 4.46. The molecule has 0 saturated heterocycles. The number of aromatic nitrogens is 1. The van der Waals surface area contributed by atoms with E-state index in [1.807, 2.05) is 0 Å². The number of nitrogens with two attached hydrogens (primary N) is 1. The zero-order valence-corrected chi connectivity index (χ0v) is 11.8. The van der Waals surface area contributed by atoms with Gasteiger partial charge >= 0.3 is 6.18 Å². The highest BCUT2D eigenvalue weighted by Crippen LogP contribution is 2.32. The minimum absolute atomic E-state index is 0.0606. The van der Waals surface area contributed by atoms with Crippen molar-refractivity contribution >= 4 is 28.0 Å². The van der Waals surface area contributed by atoms with Crippen LogP contribution in [0.25, 0.3) is 0 Å². The van der Waals surface area contributed by atoms with E-state index in [2.05, 4.69) is 10.3 Å². The minimum Gasteiger partial charge on any atom is -0.387 e. The van der Waals surface area contributed by atoms with E-state index >= 15 is 0 Å². The molecule has 21 heavy (non-hydrogen) atoms. The van der Waals surface area contributed by atoms with Gasteiger partial charge in [-0.2, -0.15) is 13.2 Å². The number of halogens is 3. The highest BCUT2D eigenvalue weighted by molar-refractivity contribution is 7.13. The van der Waals surface area contributed by atoms with Gasteiger partial charge in [0.2, 0.25) is 0 Å². The smallest absolute Gasteiger partial charge is 0.387 e. The van der Waals surface area contributed by atoms with Crippen LogP contribution < -0.4 is 11.1 Å². The van der Waals surface area contributed by atoms with Gasteiger partial charge in [0.15, 0.2) is 10.8 Å². The molecule has 2 rings (SSSR count). The molecule has 1 heterocycles. The van der Waals surface area contributed by atoms with Crippen LogP contribution in [0, 0.1) is 5.41 Å². The number of anilines is 2. The van der Waals surface area contributed by atoms with Gasteiger partial charge in [-0.15, -0.1) is 11.3 Å². The maximum absolute atomic E-state index is 12.4. The molecule has 0 spiro atoms. The molecular formula is C13H13F3N4S. The molecule has 8 heteroatoms. The molecule has 1 aromatic carbocycles. The Hall–Kier alpha value is -2.09. The molecule has 0 aliphatic heterocycles. The molecule has 0 bridgehead atoms. The van der Waals surface area contributed by atoms with Crippen LogP contribution in [-0.2, 0) is 6.18 Å². The molecule has 0 radical (unpaired) electrons. The molecule has 0 amide bonds. The summed E-state index contributed by atoms with van der Waals surface area (Å²) in [4.78, 5) is 3.49. The molecule has 1 unspecified atom stereocenters. The van der Waals surface area contributed by atoms with Crippen molar-refractivity contribution in [3.63, 3.8) is 0 Å². The zero-order chi connectivity index (χ0) is 15.6. The van der Waals surface area contributed by atoms with E-state index in [1.165, 1.54) is 0 Å². The largest absolute Gasteiger partial charge is 0.434 e. The summed E-state index contributed by atoms with van der Waals surface area (Å²) >= 11 is 0.890. The van der Waals surface area contributed by atoms with Crippen molar-refractivity contribution < 1.29 is 13.2 Å². The quantitative estimate of drug-likeness (QED) is 0.591. The molecule has 112 valence electrons. The predicted molar refractivity (Wildman–Crippen MR) is 77.2 cm³/mol. The molecule has 2 aromatic rings. The lowest BCUT2D eigenvalue weighted by atomic mass is 10.0. The van der Waals surface area contributed by atoms with Crippen molar-refractivity contribution in [2.45, 2.75) is 19.0 Å². The summed E-state index contributed by atoms with van der Waals surface area (Å²) in [7, 11) is 0.